The Morgan fingerprint density at radius 3 is 2.31 bits per heavy atom. The highest BCUT2D eigenvalue weighted by molar-refractivity contribution is 6.39. The van der Waals surface area contributed by atoms with E-state index in [4.69, 9.17) is 34.8 Å². The number of carbonyl (C=O) groups excluding carboxylic acids is 5. The number of aliphatic hydroxyl groups is 2. The number of amides is 1. The van der Waals surface area contributed by atoms with Gasteiger partial charge < -0.3 is 43.5 Å². The number of unbranched alkanes of at least 4 members (excludes halogenated alkanes) is 2. The standard InChI is InChI=1S/C57H87NO13/c1-12-13-14-20-29-69-52-41(7)31-38(4)47(60)35-49(39(5)32-43-25-27-46(59)50(33-43)67-10)70-56(64)45-23-18-19-28-58(45)55(63)54(62)57(65)42(8)24-26-44(71-57)34-48(66-9)37(3)22-17-15-16-21-36(2)30-40(6)51(61)53(52)68-11/h1,15-17,21-22,31,36,38-40,42-46,48-50,52-53,59,65H,13-14,18-20,23-30,32-35H2,2-11H3/b17-15+,21-16+,37-22+,41-31+/t36-,38-,39-,40-,42-,43+,44+,45+,46-,48+,49+,50-,52-,53+,57-/m1/s1. The van der Waals surface area contributed by atoms with Gasteiger partial charge in [0.1, 0.15) is 30.1 Å². The van der Waals surface area contributed by atoms with Crippen LogP contribution in [0.4, 0.5) is 0 Å². The number of terminal acetylenes is 1. The number of piperidine rings is 1. The van der Waals surface area contributed by atoms with Crippen LogP contribution in [0.15, 0.2) is 47.6 Å². The molecule has 14 heteroatoms. The van der Waals surface area contributed by atoms with E-state index in [9.17, 15) is 34.2 Å². The monoisotopic (exact) mass is 994 g/mol. The van der Waals surface area contributed by atoms with Crippen LogP contribution in [0.2, 0.25) is 0 Å². The first-order chi connectivity index (χ1) is 33.8. The summed E-state index contributed by atoms with van der Waals surface area (Å²) in [5, 5.41) is 22.6. The van der Waals surface area contributed by atoms with Crippen molar-refractivity contribution < 1.29 is 62.6 Å². The number of nitrogens with zero attached hydrogens (tertiary/aromatic N) is 1. The third-order valence-electron chi connectivity index (χ3n) is 15.5. The molecule has 0 aromatic carbocycles. The zero-order valence-electron chi connectivity index (χ0n) is 44.5. The van der Waals surface area contributed by atoms with E-state index < -0.39 is 77.9 Å². The lowest BCUT2D eigenvalue weighted by atomic mass is 9.78. The summed E-state index contributed by atoms with van der Waals surface area (Å²) in [4.78, 5) is 73.1. The lowest BCUT2D eigenvalue weighted by molar-refractivity contribution is -0.265. The fourth-order valence-electron chi connectivity index (χ4n) is 10.9. The van der Waals surface area contributed by atoms with Crippen LogP contribution in [0.3, 0.4) is 0 Å². The smallest absolute Gasteiger partial charge is 0.329 e. The van der Waals surface area contributed by atoms with Crippen LogP contribution in [-0.2, 0) is 52.4 Å². The molecule has 1 saturated carbocycles. The lowest BCUT2D eigenvalue weighted by Gasteiger charge is -2.42. The highest BCUT2D eigenvalue weighted by Crippen LogP contribution is 2.38. The highest BCUT2D eigenvalue weighted by atomic mass is 16.6. The first kappa shape index (κ1) is 59.8. The number of carbonyl (C=O) groups is 5. The third kappa shape index (κ3) is 16.9. The molecule has 0 aromatic rings. The van der Waals surface area contributed by atoms with Gasteiger partial charge in [-0.05, 0) is 120 Å². The van der Waals surface area contributed by atoms with Gasteiger partial charge in [-0.1, -0.05) is 71.1 Å². The predicted octanol–water partition coefficient (Wildman–Crippen LogP) is 8.01. The molecule has 2 saturated heterocycles. The van der Waals surface area contributed by atoms with Gasteiger partial charge in [0, 0.05) is 71.5 Å². The average molecular weight is 994 g/mol. The number of Topliss-reactive ketones (excluding diaryl/α,β-unsaturated/α-hetero) is 3. The number of esters is 1. The molecule has 1 aliphatic carbocycles. The maximum absolute atomic E-state index is 14.5. The summed E-state index contributed by atoms with van der Waals surface area (Å²) < 4.78 is 36.4. The van der Waals surface area contributed by atoms with E-state index in [0.29, 0.717) is 82.8 Å². The molecule has 3 fully saturated rings. The third-order valence-corrected chi connectivity index (χ3v) is 15.5. The molecule has 4 rings (SSSR count). The van der Waals surface area contributed by atoms with E-state index in [1.165, 1.54) is 12.0 Å². The van der Waals surface area contributed by atoms with Crippen molar-refractivity contribution >= 4 is 29.2 Å². The van der Waals surface area contributed by atoms with Crippen molar-refractivity contribution in [3.63, 3.8) is 0 Å². The van der Waals surface area contributed by atoms with E-state index in [1.807, 2.05) is 65.0 Å². The van der Waals surface area contributed by atoms with Gasteiger partial charge in [0.15, 0.2) is 5.78 Å². The Labute approximate surface area is 424 Å². The van der Waals surface area contributed by atoms with Crippen molar-refractivity contribution in [3.05, 3.63) is 47.6 Å². The molecular formula is C57H87NO13. The van der Waals surface area contributed by atoms with Crippen molar-refractivity contribution in [1.29, 1.82) is 0 Å². The summed E-state index contributed by atoms with van der Waals surface area (Å²) in [6.45, 7) is 13.5. The summed E-state index contributed by atoms with van der Waals surface area (Å²) in [7, 11) is 4.66. The number of ether oxygens (including phenoxy) is 6. The van der Waals surface area contributed by atoms with Crippen LogP contribution in [0.5, 0.6) is 0 Å². The summed E-state index contributed by atoms with van der Waals surface area (Å²) in [6, 6.07) is -1.14. The van der Waals surface area contributed by atoms with Gasteiger partial charge in [-0.2, -0.15) is 0 Å². The van der Waals surface area contributed by atoms with Crippen LogP contribution in [-0.4, -0.2) is 133 Å². The van der Waals surface area contributed by atoms with Crippen molar-refractivity contribution in [2.24, 2.45) is 35.5 Å². The zero-order chi connectivity index (χ0) is 52.4. The zero-order valence-corrected chi connectivity index (χ0v) is 44.5. The molecular weight excluding hydrogens is 907 g/mol. The van der Waals surface area contributed by atoms with Gasteiger partial charge in [0.25, 0.3) is 11.7 Å². The van der Waals surface area contributed by atoms with Crippen molar-refractivity contribution in [3.8, 4) is 12.3 Å². The molecule has 1 amide bonds. The molecule has 0 unspecified atom stereocenters. The molecule has 3 aliphatic heterocycles. The van der Waals surface area contributed by atoms with E-state index in [0.717, 1.165) is 18.4 Å². The summed E-state index contributed by atoms with van der Waals surface area (Å²) in [5.74, 6) is -4.94. The minimum Gasteiger partial charge on any atom is -0.460 e. The first-order valence-electron chi connectivity index (χ1n) is 26.3. The van der Waals surface area contributed by atoms with E-state index in [1.54, 1.807) is 34.1 Å². The number of ketones is 3. The van der Waals surface area contributed by atoms with Gasteiger partial charge in [-0.15, -0.1) is 12.3 Å². The lowest BCUT2D eigenvalue weighted by Crippen LogP contribution is -2.61. The van der Waals surface area contributed by atoms with Crippen molar-refractivity contribution in [1.82, 2.24) is 4.90 Å². The van der Waals surface area contributed by atoms with Gasteiger partial charge in [-0.25, -0.2) is 4.79 Å². The molecule has 71 heavy (non-hydrogen) atoms. The van der Waals surface area contributed by atoms with Gasteiger partial charge >= 0.3 is 5.97 Å². The Hall–Kier alpha value is -3.81. The summed E-state index contributed by atoms with van der Waals surface area (Å²) >= 11 is 0. The van der Waals surface area contributed by atoms with Crippen LogP contribution in [0, 0.1) is 47.9 Å². The molecule has 4 aliphatic rings. The number of methoxy groups -OCH3 is 3. The Bertz CT molecular complexity index is 1930. The summed E-state index contributed by atoms with van der Waals surface area (Å²) in [5.41, 5.74) is 1.54. The number of cyclic esters (lactones) is 1. The quantitative estimate of drug-likeness (QED) is 0.0668. The fraction of sp³-hybridized carbons (Fsp3) is 0.737. The second-order valence-electron chi connectivity index (χ2n) is 21.1. The molecule has 398 valence electrons. The van der Waals surface area contributed by atoms with E-state index in [-0.39, 0.29) is 60.7 Å². The maximum atomic E-state index is 14.5. The molecule has 0 radical (unpaired) electrons. The topological polar surface area (TPSA) is 184 Å². The Kier molecular flexibility index (Phi) is 24.6. The second-order valence-corrected chi connectivity index (χ2v) is 21.1. The Balaban J connectivity index is 1.75. The Morgan fingerprint density at radius 2 is 1.62 bits per heavy atom. The van der Waals surface area contributed by atoms with E-state index >= 15 is 0 Å². The van der Waals surface area contributed by atoms with Crippen LogP contribution < -0.4 is 0 Å². The normalized spacial score (nSPS) is 37.9. The SMILES string of the molecule is C#CCCCCO[C@@H]1/C(C)=C/[C@@H](C)C(=O)C[C@@H]([C@H](C)C[C@@H]2CC[C@@H](O)[C@H](OC)C2)OC(=O)[C@@H]2CCCCN2C(=O)C(=O)[C@]2(O)O[C@@H](CC[C@H]2C)C[C@H](OC)/C(C)=C/C=C/C=C/[C@@H](C)C[C@@H](C)C(=O)[C@@H]1OC. The van der Waals surface area contributed by atoms with Crippen molar-refractivity contribution in [2.75, 3.05) is 34.5 Å². The molecule has 2 bridgehead atoms. The molecule has 0 aromatic heterocycles. The fourth-order valence-corrected chi connectivity index (χ4v) is 10.9. The number of aliphatic hydroxyl groups excluding tert-OH is 1. The largest absolute Gasteiger partial charge is 0.460 e. The molecule has 0 spiro atoms. The number of hydrogen-bond acceptors (Lipinski definition) is 13. The molecule has 14 nitrogen and oxygen atoms in total. The predicted molar refractivity (Wildman–Crippen MR) is 272 cm³/mol. The second kappa shape index (κ2) is 29.2. The number of allylic oxidation sites excluding steroid dienone is 6. The highest BCUT2D eigenvalue weighted by Gasteiger charge is 2.53. The van der Waals surface area contributed by atoms with Crippen LogP contribution in [0.1, 0.15) is 145 Å². The van der Waals surface area contributed by atoms with Crippen LogP contribution in [0.25, 0.3) is 0 Å². The number of rotatable bonds is 11. The number of fused-ring (bicyclic) bond motifs is 3. The Morgan fingerprint density at radius 1 is 0.873 bits per heavy atom. The van der Waals surface area contributed by atoms with Gasteiger partial charge in [-0.3, -0.25) is 19.2 Å². The molecule has 2 N–H and O–H groups in total. The van der Waals surface area contributed by atoms with Gasteiger partial charge in [0.2, 0.25) is 5.79 Å². The summed E-state index contributed by atoms with van der Waals surface area (Å²) in [6.07, 6.45) is 19.9. The van der Waals surface area contributed by atoms with E-state index in [2.05, 4.69) is 5.92 Å². The number of hydrogen-bond donors (Lipinski definition) is 2. The van der Waals surface area contributed by atoms with Gasteiger partial charge in [0.05, 0.1) is 24.4 Å². The first-order valence-corrected chi connectivity index (χ1v) is 26.3. The van der Waals surface area contributed by atoms with Crippen molar-refractivity contribution in [2.45, 2.75) is 199 Å². The molecule has 3 heterocycles. The minimum atomic E-state index is -2.43. The maximum Gasteiger partial charge on any atom is 0.329 e. The minimum absolute atomic E-state index is 0.0387. The molecule has 15 atom stereocenters. The van der Waals surface area contributed by atoms with Crippen LogP contribution >= 0.6 is 0 Å². The average Bonchev–Trinajstić information content (AvgIpc) is 3.35.